The van der Waals surface area contributed by atoms with Gasteiger partial charge in [-0.05, 0) is 11.6 Å². The molecule has 1 aromatic carbocycles. The Hall–Kier alpha value is -2.89. The lowest BCUT2D eigenvalue weighted by molar-refractivity contribution is -0.122. The van der Waals surface area contributed by atoms with Crippen molar-refractivity contribution in [2.24, 2.45) is 0 Å². The highest BCUT2D eigenvalue weighted by atomic mass is 16.1. The molecule has 0 radical (unpaired) electrons. The summed E-state index contributed by atoms with van der Waals surface area (Å²) in [5, 5.41) is 7.22. The van der Waals surface area contributed by atoms with Crippen molar-refractivity contribution in [2.45, 2.75) is 25.6 Å². The van der Waals surface area contributed by atoms with Gasteiger partial charge in [0.15, 0.2) is 0 Å². The number of rotatable bonds is 7. The molecule has 0 aliphatic heterocycles. The predicted octanol–water partition coefficient (Wildman–Crippen LogP) is 2.03. The van der Waals surface area contributed by atoms with E-state index in [9.17, 15) is 4.79 Å². The monoisotopic (exact) mass is 309 g/mol. The number of carbonyl (C=O) groups excluding carboxylic acids is 1. The van der Waals surface area contributed by atoms with Crippen LogP contribution in [0.5, 0.6) is 0 Å². The fourth-order valence-electron chi connectivity index (χ4n) is 2.44. The van der Waals surface area contributed by atoms with Gasteiger partial charge in [-0.15, -0.1) is 0 Å². The molecule has 3 rings (SSSR count). The summed E-state index contributed by atoms with van der Waals surface area (Å²) in [5.74, 6) is 0.00877. The van der Waals surface area contributed by atoms with Gasteiger partial charge < -0.3 is 9.88 Å². The molecule has 6 heteroatoms. The van der Waals surface area contributed by atoms with E-state index in [4.69, 9.17) is 0 Å². The maximum Gasteiger partial charge on any atom is 0.222 e. The maximum atomic E-state index is 12.3. The summed E-state index contributed by atoms with van der Waals surface area (Å²) in [6.45, 7) is 1.23. The highest BCUT2D eigenvalue weighted by molar-refractivity contribution is 5.76. The van der Waals surface area contributed by atoms with Gasteiger partial charge in [-0.2, -0.15) is 5.10 Å². The van der Waals surface area contributed by atoms with Crippen LogP contribution in [-0.4, -0.2) is 25.2 Å². The summed E-state index contributed by atoms with van der Waals surface area (Å²) in [6, 6.07) is 11.7. The highest BCUT2D eigenvalue weighted by Crippen LogP contribution is 2.15. The van der Waals surface area contributed by atoms with Gasteiger partial charge in [0.05, 0.1) is 12.4 Å². The molecule has 0 fully saturated rings. The Kier molecular flexibility index (Phi) is 4.83. The summed E-state index contributed by atoms with van der Waals surface area (Å²) < 4.78 is 3.72. The molecule has 1 atom stereocenters. The molecule has 3 aromatic rings. The van der Waals surface area contributed by atoms with Gasteiger partial charge in [-0.25, -0.2) is 4.98 Å². The molecule has 0 aliphatic carbocycles. The van der Waals surface area contributed by atoms with E-state index in [0.29, 0.717) is 19.5 Å². The highest BCUT2D eigenvalue weighted by Gasteiger charge is 2.15. The Morgan fingerprint density at radius 3 is 2.70 bits per heavy atom. The van der Waals surface area contributed by atoms with Crippen LogP contribution in [0.1, 0.15) is 18.0 Å². The Bertz CT molecular complexity index is 707. The zero-order chi connectivity index (χ0) is 15.9. The van der Waals surface area contributed by atoms with Crippen molar-refractivity contribution >= 4 is 5.91 Å². The number of benzene rings is 1. The summed E-state index contributed by atoms with van der Waals surface area (Å²) in [4.78, 5) is 16.3. The maximum absolute atomic E-state index is 12.3. The van der Waals surface area contributed by atoms with Crippen LogP contribution in [0, 0.1) is 0 Å². The fraction of sp³-hybridized carbons (Fsp3) is 0.235. The average molecular weight is 309 g/mol. The summed E-state index contributed by atoms with van der Waals surface area (Å²) in [5.41, 5.74) is 1.08. The zero-order valence-electron chi connectivity index (χ0n) is 12.7. The molecular weight excluding hydrogens is 290 g/mol. The number of aromatic nitrogens is 4. The van der Waals surface area contributed by atoms with Crippen LogP contribution in [-0.2, 0) is 17.9 Å². The van der Waals surface area contributed by atoms with Crippen molar-refractivity contribution in [3.8, 4) is 0 Å². The van der Waals surface area contributed by atoms with E-state index >= 15 is 0 Å². The molecule has 0 bridgehead atoms. The largest absolute Gasteiger partial charge is 0.347 e. The van der Waals surface area contributed by atoms with Gasteiger partial charge in [0.1, 0.15) is 0 Å². The number of hydrogen-bond acceptors (Lipinski definition) is 3. The molecule has 0 saturated carbocycles. The molecule has 23 heavy (non-hydrogen) atoms. The first-order valence-corrected chi connectivity index (χ1v) is 7.59. The number of nitrogens with one attached hydrogen (secondary N) is 1. The average Bonchev–Trinajstić information content (AvgIpc) is 3.27. The van der Waals surface area contributed by atoms with Crippen LogP contribution < -0.4 is 5.32 Å². The molecule has 0 unspecified atom stereocenters. The third-order valence-electron chi connectivity index (χ3n) is 3.62. The van der Waals surface area contributed by atoms with E-state index in [-0.39, 0.29) is 11.9 Å². The van der Waals surface area contributed by atoms with Gasteiger partial charge in [-0.3, -0.25) is 9.48 Å². The minimum Gasteiger partial charge on any atom is -0.347 e. The molecule has 0 spiro atoms. The molecule has 2 heterocycles. The van der Waals surface area contributed by atoms with E-state index in [1.54, 1.807) is 23.4 Å². The number of amides is 1. The van der Waals surface area contributed by atoms with Gasteiger partial charge >= 0.3 is 0 Å². The van der Waals surface area contributed by atoms with E-state index < -0.39 is 0 Å². The number of carbonyl (C=O) groups is 1. The van der Waals surface area contributed by atoms with Gasteiger partial charge in [0.2, 0.25) is 5.91 Å². The van der Waals surface area contributed by atoms with Crippen LogP contribution in [0.3, 0.4) is 0 Å². The lowest BCUT2D eigenvalue weighted by atomic mass is 10.1. The van der Waals surface area contributed by atoms with Gasteiger partial charge in [0.25, 0.3) is 0 Å². The number of aryl methyl sites for hydroxylation is 1. The fourth-order valence-corrected chi connectivity index (χ4v) is 2.44. The molecule has 118 valence electrons. The lowest BCUT2D eigenvalue weighted by Crippen LogP contribution is -2.31. The van der Waals surface area contributed by atoms with Crippen LogP contribution >= 0.6 is 0 Å². The molecule has 0 saturated heterocycles. The SMILES string of the molecule is O=C(CCn1cccn1)N[C@H](Cn1ccnc1)c1ccccc1. The second-order valence-corrected chi connectivity index (χ2v) is 5.31. The van der Waals surface area contributed by atoms with Crippen molar-refractivity contribution in [1.82, 2.24) is 24.6 Å². The molecule has 1 amide bonds. The van der Waals surface area contributed by atoms with Gasteiger partial charge in [0, 0.05) is 44.3 Å². The number of hydrogen-bond donors (Lipinski definition) is 1. The minimum atomic E-state index is -0.0875. The third-order valence-corrected chi connectivity index (χ3v) is 3.62. The molecule has 0 aliphatic rings. The Labute approximate surface area is 134 Å². The molecular formula is C17H19N5O. The van der Waals surface area contributed by atoms with Crippen molar-refractivity contribution in [3.63, 3.8) is 0 Å². The van der Waals surface area contributed by atoms with Crippen molar-refractivity contribution in [1.29, 1.82) is 0 Å². The van der Waals surface area contributed by atoms with E-state index in [1.807, 2.05) is 53.4 Å². The van der Waals surface area contributed by atoms with E-state index in [2.05, 4.69) is 15.4 Å². The molecule has 6 nitrogen and oxygen atoms in total. The Morgan fingerprint density at radius 2 is 2.00 bits per heavy atom. The summed E-state index contributed by atoms with van der Waals surface area (Å²) >= 11 is 0. The standard InChI is InChI=1S/C17H19N5O/c23-17(7-11-22-10-4-8-19-22)20-16(13-21-12-9-18-14-21)15-5-2-1-3-6-15/h1-6,8-10,12,14,16H,7,11,13H2,(H,20,23)/t16-/m1/s1. The second kappa shape index (κ2) is 7.40. The Balaban J connectivity index is 1.64. The lowest BCUT2D eigenvalue weighted by Gasteiger charge is -2.20. The molecule has 2 aromatic heterocycles. The molecule has 1 N–H and O–H groups in total. The van der Waals surface area contributed by atoms with Crippen LogP contribution in [0.4, 0.5) is 0 Å². The van der Waals surface area contributed by atoms with E-state index in [1.165, 1.54) is 0 Å². The zero-order valence-corrected chi connectivity index (χ0v) is 12.7. The summed E-state index contributed by atoms with van der Waals surface area (Å²) in [7, 11) is 0. The van der Waals surface area contributed by atoms with Crippen molar-refractivity contribution in [3.05, 3.63) is 73.1 Å². The first-order valence-electron chi connectivity index (χ1n) is 7.59. The third kappa shape index (κ3) is 4.29. The van der Waals surface area contributed by atoms with Crippen LogP contribution in [0.15, 0.2) is 67.5 Å². The first kappa shape index (κ1) is 15.0. The topological polar surface area (TPSA) is 64.7 Å². The van der Waals surface area contributed by atoms with Crippen molar-refractivity contribution in [2.75, 3.05) is 0 Å². The Morgan fingerprint density at radius 1 is 1.13 bits per heavy atom. The van der Waals surface area contributed by atoms with Crippen LogP contribution in [0.2, 0.25) is 0 Å². The normalized spacial score (nSPS) is 12.0. The van der Waals surface area contributed by atoms with Gasteiger partial charge in [-0.1, -0.05) is 30.3 Å². The summed E-state index contributed by atoms with van der Waals surface area (Å²) in [6.07, 6.45) is 9.35. The minimum absolute atomic E-state index is 0.00877. The number of imidazole rings is 1. The van der Waals surface area contributed by atoms with Crippen LogP contribution in [0.25, 0.3) is 0 Å². The smallest absolute Gasteiger partial charge is 0.222 e. The first-order chi connectivity index (χ1) is 11.3. The van der Waals surface area contributed by atoms with Crippen molar-refractivity contribution < 1.29 is 4.79 Å². The number of nitrogens with zero attached hydrogens (tertiary/aromatic N) is 4. The predicted molar refractivity (Wildman–Crippen MR) is 86.4 cm³/mol. The second-order valence-electron chi connectivity index (χ2n) is 5.31. The van der Waals surface area contributed by atoms with E-state index in [0.717, 1.165) is 5.56 Å². The quantitative estimate of drug-likeness (QED) is 0.726.